The van der Waals surface area contributed by atoms with Crippen LogP contribution in [0.4, 0.5) is 0 Å². The first-order valence-corrected chi connectivity index (χ1v) is 22.4. The number of unbranched alkanes of at least 4 members (excludes halogenated alkanes) is 3. The number of aliphatic hydroxyl groups excluding tert-OH is 1. The number of carbonyl (C=O) groups is 1. The third kappa shape index (κ3) is 10.9. The molecule has 1 aliphatic carbocycles. The maximum Gasteiger partial charge on any atom is 0.305 e. The summed E-state index contributed by atoms with van der Waals surface area (Å²) in [6, 6.07) is 10.1. The van der Waals surface area contributed by atoms with Gasteiger partial charge in [0.15, 0.2) is 16.6 Å². The zero-order valence-corrected chi connectivity index (χ0v) is 30.9. The normalized spacial score (nSPS) is 22.8. The van der Waals surface area contributed by atoms with Crippen molar-refractivity contribution in [3.8, 4) is 0 Å². The van der Waals surface area contributed by atoms with E-state index in [2.05, 4.69) is 67.7 Å². The largest absolute Gasteiger partial charge is 0.469 e. The van der Waals surface area contributed by atoms with E-state index in [1.807, 2.05) is 30.3 Å². The van der Waals surface area contributed by atoms with E-state index >= 15 is 0 Å². The van der Waals surface area contributed by atoms with E-state index in [9.17, 15) is 9.90 Å². The molecule has 1 fully saturated rings. The number of rotatable bonds is 16. The summed E-state index contributed by atoms with van der Waals surface area (Å²) in [6.07, 6.45) is 9.55. The first-order chi connectivity index (χ1) is 19.4. The van der Waals surface area contributed by atoms with Crippen LogP contribution in [0, 0.1) is 11.8 Å². The highest BCUT2D eigenvalue weighted by atomic mass is 28.4. The Hall–Kier alpha value is -0.996. The molecule has 1 saturated carbocycles. The van der Waals surface area contributed by atoms with Crippen LogP contribution < -0.4 is 0 Å². The quantitative estimate of drug-likeness (QED) is 0.113. The molecule has 5 nitrogen and oxygen atoms in total. The van der Waals surface area contributed by atoms with Gasteiger partial charge in [0.1, 0.15) is 0 Å². The number of hydrogen-bond acceptors (Lipinski definition) is 5. The molecule has 0 bridgehead atoms. The van der Waals surface area contributed by atoms with Gasteiger partial charge in [0, 0.05) is 6.42 Å². The highest BCUT2D eigenvalue weighted by molar-refractivity contribution is 6.74. The minimum Gasteiger partial charge on any atom is -0.469 e. The van der Waals surface area contributed by atoms with E-state index < -0.39 is 22.7 Å². The Labute approximate surface area is 260 Å². The summed E-state index contributed by atoms with van der Waals surface area (Å²) in [6.45, 7) is 23.5. The Morgan fingerprint density at radius 3 is 1.76 bits per heavy atom. The lowest BCUT2D eigenvalue weighted by Crippen LogP contribution is -2.45. The van der Waals surface area contributed by atoms with E-state index in [-0.39, 0.29) is 28.3 Å². The molecule has 7 heteroatoms. The molecule has 1 aromatic rings. The highest BCUT2D eigenvalue weighted by Crippen LogP contribution is 2.49. The van der Waals surface area contributed by atoms with Crippen molar-refractivity contribution in [3.63, 3.8) is 0 Å². The van der Waals surface area contributed by atoms with Crippen molar-refractivity contribution in [1.82, 2.24) is 0 Å². The molecule has 1 aromatic carbocycles. The SMILES string of the molecule is COC(=O)CCCCCC[C@H]1[C@@H](O[Si](C)(C)C(C)(C)C)CC(O[Si](C)(C)C(C)(C)C)[C@@H]1CCCC(O)c1ccccc1. The Kier molecular flexibility index (Phi) is 14.0. The standard InChI is InChI=1S/C35H64O5Si2/c1-34(2,3)41(8,9)39-31-26-32(40-42(10,11)35(4,5)6)29(23-19-24-30(36)27-20-15-14-16-21-27)28(31)22-17-12-13-18-25-33(37)38-7/h14-16,20-21,28-32,36H,12-13,17-19,22-26H2,1-11H3/t28-,29-,30?,31+,32?/m1/s1. The molecule has 0 heterocycles. The molecule has 0 saturated heterocycles. The summed E-state index contributed by atoms with van der Waals surface area (Å²) in [5.74, 6) is 0.757. The van der Waals surface area contributed by atoms with E-state index in [4.69, 9.17) is 13.6 Å². The van der Waals surface area contributed by atoms with Gasteiger partial charge in [-0.3, -0.25) is 4.79 Å². The summed E-state index contributed by atoms with van der Waals surface area (Å²) in [4.78, 5) is 11.5. The van der Waals surface area contributed by atoms with Crippen molar-refractivity contribution < 1.29 is 23.5 Å². The van der Waals surface area contributed by atoms with Gasteiger partial charge in [-0.15, -0.1) is 0 Å². The summed E-state index contributed by atoms with van der Waals surface area (Å²) < 4.78 is 19.3. The van der Waals surface area contributed by atoms with Crippen LogP contribution in [0.25, 0.3) is 0 Å². The number of ether oxygens (including phenoxy) is 1. The van der Waals surface area contributed by atoms with E-state index in [0.717, 1.165) is 63.4 Å². The molecular formula is C35H64O5Si2. The second kappa shape index (κ2) is 15.8. The van der Waals surface area contributed by atoms with Crippen molar-refractivity contribution in [3.05, 3.63) is 35.9 Å². The molecule has 1 N–H and O–H groups in total. The fourth-order valence-corrected chi connectivity index (χ4v) is 8.57. The molecule has 0 spiro atoms. The Bertz CT molecular complexity index is 935. The number of esters is 1. The zero-order chi connectivity index (χ0) is 31.8. The van der Waals surface area contributed by atoms with Crippen LogP contribution in [0.3, 0.4) is 0 Å². The van der Waals surface area contributed by atoms with Gasteiger partial charge < -0.3 is 18.7 Å². The van der Waals surface area contributed by atoms with Gasteiger partial charge in [-0.1, -0.05) is 97.6 Å². The second-order valence-corrected chi connectivity index (χ2v) is 25.3. The minimum atomic E-state index is -1.98. The molecule has 1 aliphatic rings. The van der Waals surface area contributed by atoms with Gasteiger partial charge >= 0.3 is 5.97 Å². The van der Waals surface area contributed by atoms with Gasteiger partial charge in [-0.25, -0.2) is 0 Å². The number of aliphatic hydroxyl groups is 1. The average molecular weight is 621 g/mol. The van der Waals surface area contributed by atoms with Crippen molar-refractivity contribution >= 4 is 22.6 Å². The number of methoxy groups -OCH3 is 1. The van der Waals surface area contributed by atoms with E-state index in [0.29, 0.717) is 18.3 Å². The van der Waals surface area contributed by atoms with Crippen LogP contribution in [0.2, 0.25) is 36.3 Å². The lowest BCUT2D eigenvalue weighted by atomic mass is 9.84. The molecular weight excluding hydrogens is 557 g/mol. The molecule has 242 valence electrons. The summed E-state index contributed by atoms with van der Waals surface area (Å²) in [5.41, 5.74) is 1.00. The molecule has 5 atom stereocenters. The van der Waals surface area contributed by atoms with Gasteiger partial charge in [-0.2, -0.15) is 0 Å². The number of carbonyl (C=O) groups excluding carboxylic acids is 1. The molecule has 2 unspecified atom stereocenters. The van der Waals surface area contributed by atoms with Crippen LogP contribution in [0.5, 0.6) is 0 Å². The summed E-state index contributed by atoms with van der Waals surface area (Å²) >= 11 is 0. The first-order valence-electron chi connectivity index (χ1n) is 16.5. The number of benzene rings is 1. The van der Waals surface area contributed by atoms with E-state index in [1.165, 1.54) is 7.11 Å². The Morgan fingerprint density at radius 1 is 0.810 bits per heavy atom. The summed E-state index contributed by atoms with van der Waals surface area (Å²) in [7, 11) is -2.49. The first kappa shape index (κ1) is 37.2. The number of hydrogen-bond donors (Lipinski definition) is 1. The molecule has 0 aliphatic heterocycles. The average Bonchev–Trinajstić information content (AvgIpc) is 3.19. The molecule has 0 amide bonds. The zero-order valence-electron chi connectivity index (χ0n) is 28.9. The fraction of sp³-hybridized carbons (Fsp3) is 0.800. The molecule has 0 aromatic heterocycles. The van der Waals surface area contributed by atoms with Gasteiger partial charge in [0.25, 0.3) is 0 Å². The van der Waals surface area contributed by atoms with Gasteiger partial charge in [-0.05, 0) is 85.8 Å². The lowest BCUT2D eigenvalue weighted by Gasteiger charge is -2.40. The Balaban J connectivity index is 2.25. The van der Waals surface area contributed by atoms with E-state index in [1.54, 1.807) is 0 Å². The van der Waals surface area contributed by atoms with Crippen molar-refractivity contribution in [2.45, 2.75) is 160 Å². The maximum absolute atomic E-state index is 11.5. The van der Waals surface area contributed by atoms with Gasteiger partial charge in [0.05, 0.1) is 25.4 Å². The molecule has 42 heavy (non-hydrogen) atoms. The second-order valence-electron chi connectivity index (χ2n) is 15.8. The fourth-order valence-electron chi connectivity index (χ4n) is 5.81. The predicted molar refractivity (Wildman–Crippen MR) is 181 cm³/mol. The molecule has 2 rings (SSSR count). The van der Waals surface area contributed by atoms with Crippen LogP contribution in [0.15, 0.2) is 30.3 Å². The Morgan fingerprint density at radius 2 is 1.29 bits per heavy atom. The monoisotopic (exact) mass is 620 g/mol. The smallest absolute Gasteiger partial charge is 0.305 e. The van der Waals surface area contributed by atoms with Crippen LogP contribution >= 0.6 is 0 Å². The minimum absolute atomic E-state index is 0.114. The lowest BCUT2D eigenvalue weighted by molar-refractivity contribution is -0.140. The predicted octanol–water partition coefficient (Wildman–Crippen LogP) is 9.82. The molecule has 0 radical (unpaired) electrons. The van der Waals surface area contributed by atoms with Crippen LogP contribution in [-0.4, -0.2) is 47.0 Å². The summed E-state index contributed by atoms with van der Waals surface area (Å²) in [5, 5.41) is 11.2. The third-order valence-corrected chi connectivity index (χ3v) is 19.6. The van der Waals surface area contributed by atoms with Crippen LogP contribution in [-0.2, 0) is 18.4 Å². The van der Waals surface area contributed by atoms with Crippen molar-refractivity contribution in [2.75, 3.05) is 7.11 Å². The van der Waals surface area contributed by atoms with Gasteiger partial charge in [0.2, 0.25) is 0 Å². The van der Waals surface area contributed by atoms with Crippen LogP contribution in [0.1, 0.15) is 117 Å². The topological polar surface area (TPSA) is 65.0 Å². The third-order valence-electron chi connectivity index (χ3n) is 10.6. The van der Waals surface area contributed by atoms with Crippen molar-refractivity contribution in [2.24, 2.45) is 11.8 Å². The maximum atomic E-state index is 11.5. The highest BCUT2D eigenvalue weighted by Gasteiger charge is 2.50. The van der Waals surface area contributed by atoms with Crippen molar-refractivity contribution in [1.29, 1.82) is 0 Å².